The topological polar surface area (TPSA) is 45.9 Å². The molecule has 0 spiro atoms. The molecule has 1 aliphatic heterocycles. The standard InChI is InChI=1S/C25H30N2O3/c28-25-13-11-21-10-12-23(20-24(21)30-25)29-19-7-2-1-6-14-26-15-17-27(18-16-26)22-8-4-3-5-9-22/h3-5,8-13,20H,1-2,6-7,14-19H2. The third-order valence-electron chi connectivity index (χ3n) is 5.73. The first-order chi connectivity index (χ1) is 14.8. The molecule has 1 aliphatic rings. The summed E-state index contributed by atoms with van der Waals surface area (Å²) in [7, 11) is 0. The monoisotopic (exact) mass is 406 g/mol. The predicted octanol–water partition coefficient (Wildman–Crippen LogP) is 4.55. The minimum absolute atomic E-state index is 0.332. The van der Waals surface area contributed by atoms with Crippen molar-refractivity contribution in [2.75, 3.05) is 44.2 Å². The second-order valence-electron chi connectivity index (χ2n) is 7.88. The van der Waals surface area contributed by atoms with Gasteiger partial charge in [-0.1, -0.05) is 31.0 Å². The minimum Gasteiger partial charge on any atom is -0.493 e. The van der Waals surface area contributed by atoms with Gasteiger partial charge < -0.3 is 14.1 Å². The number of unbranched alkanes of at least 4 members (excludes halogenated alkanes) is 3. The summed E-state index contributed by atoms with van der Waals surface area (Å²) in [6.45, 7) is 6.41. The minimum atomic E-state index is -0.332. The molecule has 2 aromatic carbocycles. The number of hydrogen-bond acceptors (Lipinski definition) is 5. The maximum Gasteiger partial charge on any atom is 0.336 e. The van der Waals surface area contributed by atoms with Crippen LogP contribution in [0.4, 0.5) is 5.69 Å². The van der Waals surface area contributed by atoms with Gasteiger partial charge in [0.15, 0.2) is 0 Å². The van der Waals surface area contributed by atoms with Gasteiger partial charge in [0.25, 0.3) is 0 Å². The third kappa shape index (κ3) is 5.63. The van der Waals surface area contributed by atoms with Gasteiger partial charge >= 0.3 is 5.63 Å². The van der Waals surface area contributed by atoms with Crippen LogP contribution in [-0.2, 0) is 0 Å². The van der Waals surface area contributed by atoms with Gasteiger partial charge in [-0.3, -0.25) is 4.90 Å². The van der Waals surface area contributed by atoms with Crippen LogP contribution in [0.25, 0.3) is 11.0 Å². The highest BCUT2D eigenvalue weighted by atomic mass is 16.5. The molecule has 0 atom stereocenters. The molecular formula is C25H30N2O3. The van der Waals surface area contributed by atoms with Crippen LogP contribution in [0, 0.1) is 0 Å². The fraction of sp³-hybridized carbons (Fsp3) is 0.400. The molecule has 5 nitrogen and oxygen atoms in total. The van der Waals surface area contributed by atoms with E-state index in [2.05, 4.69) is 40.1 Å². The van der Waals surface area contributed by atoms with Gasteiger partial charge in [-0.2, -0.15) is 0 Å². The van der Waals surface area contributed by atoms with Gasteiger partial charge in [-0.25, -0.2) is 4.79 Å². The number of anilines is 1. The molecule has 158 valence electrons. The molecule has 0 aliphatic carbocycles. The van der Waals surface area contributed by atoms with Crippen LogP contribution in [0.5, 0.6) is 5.75 Å². The first-order valence-electron chi connectivity index (χ1n) is 11.0. The molecule has 0 N–H and O–H groups in total. The lowest BCUT2D eigenvalue weighted by atomic mass is 10.2. The predicted molar refractivity (Wildman–Crippen MR) is 122 cm³/mol. The van der Waals surface area contributed by atoms with Crippen LogP contribution in [-0.4, -0.2) is 44.2 Å². The molecule has 1 fully saturated rings. The zero-order valence-electron chi connectivity index (χ0n) is 17.5. The van der Waals surface area contributed by atoms with Crippen LogP contribution in [0.1, 0.15) is 25.7 Å². The van der Waals surface area contributed by atoms with E-state index in [-0.39, 0.29) is 5.63 Å². The highest BCUT2D eigenvalue weighted by molar-refractivity contribution is 5.77. The number of para-hydroxylation sites is 1. The Labute approximate surface area is 177 Å². The van der Waals surface area contributed by atoms with Crippen molar-refractivity contribution in [1.82, 2.24) is 4.90 Å². The third-order valence-corrected chi connectivity index (χ3v) is 5.73. The van der Waals surface area contributed by atoms with Crippen molar-refractivity contribution >= 4 is 16.7 Å². The molecule has 30 heavy (non-hydrogen) atoms. The number of benzene rings is 2. The van der Waals surface area contributed by atoms with Gasteiger partial charge in [0.05, 0.1) is 6.61 Å². The lowest BCUT2D eigenvalue weighted by Gasteiger charge is -2.36. The molecule has 0 bridgehead atoms. The van der Waals surface area contributed by atoms with Crippen LogP contribution in [0.15, 0.2) is 69.9 Å². The summed E-state index contributed by atoms with van der Waals surface area (Å²) >= 11 is 0. The number of ether oxygens (including phenoxy) is 1. The van der Waals surface area contributed by atoms with E-state index in [4.69, 9.17) is 9.15 Å². The highest BCUT2D eigenvalue weighted by Gasteiger charge is 2.16. The summed E-state index contributed by atoms with van der Waals surface area (Å²) < 4.78 is 11.0. The molecule has 4 rings (SSSR count). The van der Waals surface area contributed by atoms with E-state index in [9.17, 15) is 4.79 Å². The summed E-state index contributed by atoms with van der Waals surface area (Å²) in [6.07, 6.45) is 4.69. The van der Waals surface area contributed by atoms with Crippen molar-refractivity contribution < 1.29 is 9.15 Å². The summed E-state index contributed by atoms with van der Waals surface area (Å²) in [4.78, 5) is 16.4. The van der Waals surface area contributed by atoms with Crippen molar-refractivity contribution in [1.29, 1.82) is 0 Å². The van der Waals surface area contributed by atoms with E-state index in [0.29, 0.717) is 12.2 Å². The number of piperazine rings is 1. The Morgan fingerprint density at radius 2 is 1.60 bits per heavy atom. The molecule has 3 aromatic rings. The normalized spacial score (nSPS) is 14.9. The molecule has 0 radical (unpaired) electrons. The van der Waals surface area contributed by atoms with Crippen molar-refractivity contribution in [2.45, 2.75) is 25.7 Å². The van der Waals surface area contributed by atoms with E-state index in [1.54, 1.807) is 12.1 Å². The van der Waals surface area contributed by atoms with E-state index >= 15 is 0 Å². The lowest BCUT2D eigenvalue weighted by molar-refractivity contribution is 0.249. The largest absolute Gasteiger partial charge is 0.493 e. The molecule has 2 heterocycles. The molecule has 1 aromatic heterocycles. The van der Waals surface area contributed by atoms with Crippen LogP contribution < -0.4 is 15.3 Å². The fourth-order valence-electron chi connectivity index (χ4n) is 3.98. The van der Waals surface area contributed by atoms with Gasteiger partial charge in [-0.05, 0) is 49.7 Å². The molecule has 5 heteroatoms. The van der Waals surface area contributed by atoms with E-state index in [1.165, 1.54) is 37.6 Å². The summed E-state index contributed by atoms with van der Waals surface area (Å²) in [5, 5.41) is 0.909. The fourth-order valence-corrected chi connectivity index (χ4v) is 3.98. The Morgan fingerprint density at radius 3 is 2.43 bits per heavy atom. The average Bonchev–Trinajstić information content (AvgIpc) is 2.79. The smallest absolute Gasteiger partial charge is 0.336 e. The Kier molecular flexibility index (Phi) is 7.03. The molecule has 0 amide bonds. The van der Waals surface area contributed by atoms with Crippen molar-refractivity contribution in [3.63, 3.8) is 0 Å². The number of fused-ring (bicyclic) bond motifs is 1. The Morgan fingerprint density at radius 1 is 0.833 bits per heavy atom. The van der Waals surface area contributed by atoms with Crippen molar-refractivity contribution in [3.05, 3.63) is 71.1 Å². The second-order valence-corrected chi connectivity index (χ2v) is 7.88. The van der Waals surface area contributed by atoms with Crippen LogP contribution >= 0.6 is 0 Å². The Hall–Kier alpha value is -2.79. The van der Waals surface area contributed by atoms with Crippen LogP contribution in [0.3, 0.4) is 0 Å². The zero-order valence-corrected chi connectivity index (χ0v) is 17.5. The van der Waals surface area contributed by atoms with E-state index in [0.717, 1.165) is 43.7 Å². The molecule has 0 saturated carbocycles. The quantitative estimate of drug-likeness (QED) is 0.385. The second kappa shape index (κ2) is 10.3. The van der Waals surface area contributed by atoms with Crippen LogP contribution in [0.2, 0.25) is 0 Å². The maximum atomic E-state index is 11.3. The Balaban J connectivity index is 1.08. The highest BCUT2D eigenvalue weighted by Crippen LogP contribution is 2.20. The molecular weight excluding hydrogens is 376 g/mol. The SMILES string of the molecule is O=c1ccc2ccc(OCCCCCCN3CCN(c4ccccc4)CC3)cc2o1. The van der Waals surface area contributed by atoms with Crippen molar-refractivity contribution in [3.8, 4) is 5.75 Å². The summed E-state index contributed by atoms with van der Waals surface area (Å²) in [5.41, 5.74) is 1.58. The van der Waals surface area contributed by atoms with Crippen molar-refractivity contribution in [2.24, 2.45) is 0 Å². The summed E-state index contributed by atoms with van der Waals surface area (Å²) in [5.74, 6) is 0.758. The number of rotatable bonds is 9. The van der Waals surface area contributed by atoms with Gasteiger partial charge in [0.1, 0.15) is 11.3 Å². The first-order valence-corrected chi connectivity index (χ1v) is 11.0. The average molecular weight is 407 g/mol. The van der Waals surface area contributed by atoms with Gasteiger partial charge in [0.2, 0.25) is 0 Å². The first kappa shape index (κ1) is 20.5. The van der Waals surface area contributed by atoms with E-state index in [1.807, 2.05) is 12.1 Å². The van der Waals surface area contributed by atoms with Gasteiger partial charge in [-0.15, -0.1) is 0 Å². The van der Waals surface area contributed by atoms with E-state index < -0.39 is 0 Å². The number of nitrogens with zero attached hydrogens (tertiary/aromatic N) is 2. The molecule has 0 unspecified atom stereocenters. The maximum absolute atomic E-state index is 11.3. The Bertz CT molecular complexity index is 978. The summed E-state index contributed by atoms with van der Waals surface area (Å²) in [6, 6.07) is 19.6. The zero-order chi connectivity index (χ0) is 20.6. The number of hydrogen-bond donors (Lipinski definition) is 0. The van der Waals surface area contributed by atoms with Gasteiger partial charge in [0, 0.05) is 49.4 Å². The molecule has 1 saturated heterocycles. The lowest BCUT2D eigenvalue weighted by Crippen LogP contribution is -2.46.